The summed E-state index contributed by atoms with van der Waals surface area (Å²) in [6, 6.07) is 0. The van der Waals surface area contributed by atoms with Crippen molar-refractivity contribution >= 4 is 10.1 Å². The van der Waals surface area contributed by atoms with Crippen LogP contribution in [-0.4, -0.2) is 31.6 Å². The van der Waals surface area contributed by atoms with Crippen LogP contribution in [0.5, 0.6) is 0 Å². The minimum Gasteiger partial charge on any atom is -0.198 e. The third-order valence-electron chi connectivity index (χ3n) is 1.80. The first-order valence-corrected chi connectivity index (χ1v) is 4.58. The van der Waals surface area contributed by atoms with Crippen molar-refractivity contribution in [3.63, 3.8) is 0 Å². The smallest absolute Gasteiger partial charge is 0.198 e. The van der Waals surface area contributed by atoms with Gasteiger partial charge in [0.2, 0.25) is 0 Å². The molecule has 0 amide bonds. The topological polar surface area (TPSA) is 43.4 Å². The molecule has 12 heteroatoms. The molecule has 0 aromatic carbocycles. The molecule has 0 N–H and O–H groups in total. The lowest BCUT2D eigenvalue weighted by molar-refractivity contribution is -0.389. The van der Waals surface area contributed by atoms with Crippen molar-refractivity contribution in [3.8, 4) is 0 Å². The van der Waals surface area contributed by atoms with Crippen LogP contribution in [0.25, 0.3) is 0 Å². The summed E-state index contributed by atoms with van der Waals surface area (Å²) in [6.45, 7) is 0. The Morgan fingerprint density at radius 3 is 1.25 bits per heavy atom. The maximum Gasteiger partial charge on any atom is 0.428 e. The van der Waals surface area contributed by atoms with E-state index in [0.29, 0.717) is 0 Å². The van der Waals surface area contributed by atoms with Crippen molar-refractivity contribution in [3.05, 3.63) is 0 Å². The van der Waals surface area contributed by atoms with Gasteiger partial charge in [-0.15, -0.1) is 0 Å². The molecular formula is C4F8O3S. The van der Waals surface area contributed by atoms with E-state index < -0.39 is 33.3 Å². The van der Waals surface area contributed by atoms with Crippen molar-refractivity contribution in [2.24, 2.45) is 0 Å². The van der Waals surface area contributed by atoms with Gasteiger partial charge in [0.1, 0.15) is 0 Å². The molecule has 0 unspecified atom stereocenters. The van der Waals surface area contributed by atoms with Gasteiger partial charge in [-0.25, -0.2) is 0 Å². The summed E-state index contributed by atoms with van der Waals surface area (Å²) in [5.74, 6) is 0. The molecule has 0 aliphatic carbocycles. The van der Waals surface area contributed by atoms with Crippen LogP contribution in [0.4, 0.5) is 35.1 Å². The fraction of sp³-hybridized carbons (Fsp3) is 1.00. The second-order valence-electron chi connectivity index (χ2n) is 2.73. The Morgan fingerprint density at radius 2 is 1.19 bits per heavy atom. The van der Waals surface area contributed by atoms with Gasteiger partial charge in [0.15, 0.2) is 0 Å². The number of rotatable bonds is 0. The molecule has 0 aromatic heterocycles. The Bertz CT molecular complexity index is 372. The quantitative estimate of drug-likeness (QED) is 0.502. The van der Waals surface area contributed by atoms with Crippen molar-refractivity contribution in [2.45, 2.75) is 23.2 Å². The molecule has 1 aliphatic heterocycles. The Balaban J connectivity index is 3.61. The molecule has 1 aliphatic rings. The van der Waals surface area contributed by atoms with Crippen LogP contribution in [0.15, 0.2) is 0 Å². The maximum absolute atomic E-state index is 12.3. The van der Waals surface area contributed by atoms with Crippen LogP contribution in [0.2, 0.25) is 0 Å². The molecule has 1 fully saturated rings. The number of alkyl halides is 8. The van der Waals surface area contributed by atoms with Gasteiger partial charge in [0.25, 0.3) is 0 Å². The van der Waals surface area contributed by atoms with E-state index in [1.165, 1.54) is 0 Å². The lowest BCUT2D eigenvalue weighted by Gasteiger charge is -2.46. The van der Waals surface area contributed by atoms with E-state index in [4.69, 9.17) is 0 Å². The molecule has 1 rings (SSSR count). The normalized spacial score (nSPS) is 27.2. The first kappa shape index (κ1) is 13.4. The summed E-state index contributed by atoms with van der Waals surface area (Å²) >= 11 is 0. The highest BCUT2D eigenvalue weighted by atomic mass is 32.2. The summed E-state index contributed by atoms with van der Waals surface area (Å²) in [4.78, 5) is 0. The predicted octanol–water partition coefficient (Wildman–Crippen LogP) is 1.80. The van der Waals surface area contributed by atoms with Crippen molar-refractivity contribution < 1.29 is 47.7 Å². The Kier molecular flexibility index (Phi) is 2.33. The molecule has 1 saturated heterocycles. The van der Waals surface area contributed by atoms with Gasteiger partial charge in [0.05, 0.1) is 0 Å². The van der Waals surface area contributed by atoms with E-state index in [2.05, 4.69) is 4.18 Å². The highest BCUT2D eigenvalue weighted by molar-refractivity contribution is 7.89. The van der Waals surface area contributed by atoms with Gasteiger partial charge in [-0.05, 0) is 0 Å². The summed E-state index contributed by atoms with van der Waals surface area (Å²) in [5, 5.41) is 0. The molecule has 0 aromatic rings. The van der Waals surface area contributed by atoms with E-state index in [9.17, 15) is 43.5 Å². The highest BCUT2D eigenvalue weighted by Gasteiger charge is 2.98. The molecule has 0 bridgehead atoms. The van der Waals surface area contributed by atoms with Gasteiger partial charge in [-0.3, -0.25) is 0 Å². The molecule has 1 heterocycles. The second kappa shape index (κ2) is 2.78. The Morgan fingerprint density at radius 1 is 0.875 bits per heavy atom. The molecular weight excluding hydrogens is 280 g/mol. The van der Waals surface area contributed by atoms with Gasteiger partial charge in [-0.1, -0.05) is 0 Å². The molecule has 0 saturated carbocycles. The molecule has 16 heavy (non-hydrogen) atoms. The fourth-order valence-corrected chi connectivity index (χ4v) is 2.45. The van der Waals surface area contributed by atoms with Crippen LogP contribution >= 0.6 is 0 Å². The van der Waals surface area contributed by atoms with Gasteiger partial charge >= 0.3 is 33.3 Å². The standard InChI is InChI=1S/C4F8O3S/c5-2(6,7)1(3(8,9)10)4(11,12)15-16(1,13)14. The highest BCUT2D eigenvalue weighted by Crippen LogP contribution is 2.64. The molecule has 0 spiro atoms. The van der Waals surface area contributed by atoms with E-state index in [-0.39, 0.29) is 0 Å². The summed E-state index contributed by atoms with van der Waals surface area (Å²) in [5.41, 5.74) is 0. The third-order valence-corrected chi connectivity index (χ3v) is 3.68. The number of hydrogen-bond acceptors (Lipinski definition) is 3. The third kappa shape index (κ3) is 1.19. The zero-order valence-corrected chi connectivity index (χ0v) is 7.47. The molecule has 3 nitrogen and oxygen atoms in total. The van der Waals surface area contributed by atoms with E-state index in [1.807, 2.05) is 0 Å². The molecule has 0 radical (unpaired) electrons. The van der Waals surface area contributed by atoms with Gasteiger partial charge in [-0.2, -0.15) is 47.7 Å². The zero-order chi connectivity index (χ0) is 13.2. The van der Waals surface area contributed by atoms with Gasteiger partial charge < -0.3 is 0 Å². The lowest BCUT2D eigenvalue weighted by atomic mass is 10.1. The van der Waals surface area contributed by atoms with Crippen LogP contribution in [0.3, 0.4) is 0 Å². The van der Waals surface area contributed by atoms with E-state index >= 15 is 0 Å². The summed E-state index contributed by atoms with van der Waals surface area (Å²) in [7, 11) is -6.51. The van der Waals surface area contributed by atoms with Crippen molar-refractivity contribution in [1.29, 1.82) is 0 Å². The van der Waals surface area contributed by atoms with Crippen LogP contribution < -0.4 is 0 Å². The summed E-state index contributed by atoms with van der Waals surface area (Å²) < 4.78 is 113. The molecule has 0 atom stereocenters. The fourth-order valence-electron chi connectivity index (χ4n) is 1.14. The lowest BCUT2D eigenvalue weighted by Crippen LogP contribution is -2.80. The van der Waals surface area contributed by atoms with Crippen LogP contribution in [0.1, 0.15) is 0 Å². The SMILES string of the molecule is O=S1(=O)OC(F)(F)C1(C(F)(F)F)C(F)(F)F. The average Bonchev–Trinajstić information content (AvgIpc) is 1.70. The minimum atomic E-state index is -6.74. The maximum atomic E-state index is 12.3. The first-order chi connectivity index (χ1) is 6.71. The van der Waals surface area contributed by atoms with Crippen molar-refractivity contribution in [2.75, 3.05) is 0 Å². The average molecular weight is 280 g/mol. The second-order valence-corrected chi connectivity index (χ2v) is 4.42. The van der Waals surface area contributed by atoms with Crippen molar-refractivity contribution in [1.82, 2.24) is 0 Å². The van der Waals surface area contributed by atoms with E-state index in [0.717, 1.165) is 0 Å². The van der Waals surface area contributed by atoms with Gasteiger partial charge in [0, 0.05) is 0 Å². The Labute approximate surface area is 82.1 Å². The first-order valence-electron chi connectivity index (χ1n) is 3.17. The summed E-state index contributed by atoms with van der Waals surface area (Å²) in [6.07, 6.45) is -19.4. The predicted molar refractivity (Wildman–Crippen MR) is 29.8 cm³/mol. The number of halogens is 8. The Hall–Kier alpha value is -0.650. The monoisotopic (exact) mass is 280 g/mol. The van der Waals surface area contributed by atoms with E-state index in [1.54, 1.807) is 0 Å². The molecule has 96 valence electrons. The number of hydrogen-bond donors (Lipinski definition) is 0. The minimum absolute atomic E-state index is 2.38. The van der Waals surface area contributed by atoms with Crippen LogP contribution in [0, 0.1) is 0 Å². The zero-order valence-electron chi connectivity index (χ0n) is 6.66. The van der Waals surface area contributed by atoms with Crippen LogP contribution in [-0.2, 0) is 14.3 Å². The largest absolute Gasteiger partial charge is 0.428 e.